The van der Waals surface area contributed by atoms with E-state index in [-0.39, 0.29) is 13.2 Å². The quantitative estimate of drug-likeness (QED) is 0.843. The summed E-state index contributed by atoms with van der Waals surface area (Å²) in [6.45, 7) is -0.107. The Balaban J connectivity index is 2.19. The summed E-state index contributed by atoms with van der Waals surface area (Å²) < 4.78 is 5.55. The van der Waals surface area contributed by atoms with Crippen LogP contribution in [0, 0.1) is 0 Å². The predicted molar refractivity (Wildman–Crippen MR) is 62.6 cm³/mol. The number of aliphatic hydroxyl groups is 2. The van der Waals surface area contributed by atoms with Gasteiger partial charge in [-0.1, -0.05) is 12.1 Å². The van der Waals surface area contributed by atoms with Crippen molar-refractivity contribution in [1.82, 2.24) is 4.98 Å². The van der Waals surface area contributed by atoms with Crippen molar-refractivity contribution in [2.75, 3.05) is 0 Å². The number of aliphatic hydroxyl groups excluding tert-OH is 2. The Morgan fingerprint density at radius 1 is 1.00 bits per heavy atom. The lowest BCUT2D eigenvalue weighted by Crippen LogP contribution is -1.94. The highest BCUT2D eigenvalue weighted by Crippen LogP contribution is 2.23. The summed E-state index contributed by atoms with van der Waals surface area (Å²) in [5.41, 5.74) is 1.46. The van der Waals surface area contributed by atoms with Crippen LogP contribution in [0.5, 0.6) is 11.6 Å². The first-order valence-electron chi connectivity index (χ1n) is 5.26. The molecular formula is C13H13NO3. The van der Waals surface area contributed by atoms with E-state index in [1.165, 1.54) is 0 Å². The van der Waals surface area contributed by atoms with Crippen molar-refractivity contribution < 1.29 is 14.9 Å². The number of pyridine rings is 1. The smallest absolute Gasteiger partial charge is 0.224 e. The van der Waals surface area contributed by atoms with Crippen LogP contribution in [0.2, 0.25) is 0 Å². The second-order valence-electron chi connectivity index (χ2n) is 3.53. The summed E-state index contributed by atoms with van der Waals surface area (Å²) in [7, 11) is 0. The summed E-state index contributed by atoms with van der Waals surface area (Å²) in [5.74, 6) is 1.02. The summed E-state index contributed by atoms with van der Waals surface area (Å²) in [4.78, 5) is 4.06. The van der Waals surface area contributed by atoms with Crippen molar-refractivity contribution in [3.05, 3.63) is 53.7 Å². The fraction of sp³-hybridized carbons (Fsp3) is 0.154. The van der Waals surface area contributed by atoms with Gasteiger partial charge in [-0.3, -0.25) is 0 Å². The number of rotatable bonds is 4. The highest BCUT2D eigenvalue weighted by Gasteiger charge is 2.04. The Bertz CT molecular complexity index is 482. The van der Waals surface area contributed by atoms with Crippen LogP contribution in [0.25, 0.3) is 0 Å². The molecule has 0 radical (unpaired) electrons. The largest absolute Gasteiger partial charge is 0.439 e. The first-order valence-corrected chi connectivity index (χ1v) is 5.26. The van der Waals surface area contributed by atoms with E-state index in [1.807, 2.05) is 0 Å². The van der Waals surface area contributed by atoms with Crippen LogP contribution in [0.4, 0.5) is 0 Å². The van der Waals surface area contributed by atoms with Crippen molar-refractivity contribution in [2.45, 2.75) is 13.2 Å². The van der Waals surface area contributed by atoms with Gasteiger partial charge in [-0.15, -0.1) is 0 Å². The van der Waals surface area contributed by atoms with Gasteiger partial charge in [0.25, 0.3) is 0 Å². The molecule has 0 fully saturated rings. The molecule has 1 aromatic heterocycles. The van der Waals surface area contributed by atoms with Crippen LogP contribution in [0.15, 0.2) is 42.6 Å². The van der Waals surface area contributed by atoms with E-state index in [1.54, 1.807) is 42.6 Å². The molecule has 0 saturated carbocycles. The molecule has 2 rings (SSSR count). The highest BCUT2D eigenvalue weighted by molar-refractivity contribution is 5.33. The SMILES string of the molecule is OCc1ccc(Oc2ncccc2CO)cc1. The molecule has 0 aliphatic carbocycles. The molecule has 1 aromatic carbocycles. The highest BCUT2D eigenvalue weighted by atomic mass is 16.5. The maximum Gasteiger partial charge on any atom is 0.224 e. The van der Waals surface area contributed by atoms with Crippen LogP contribution in [-0.2, 0) is 13.2 Å². The predicted octanol–water partition coefficient (Wildman–Crippen LogP) is 1.86. The van der Waals surface area contributed by atoms with Gasteiger partial charge in [0.05, 0.1) is 13.2 Å². The fourth-order valence-corrected chi connectivity index (χ4v) is 1.41. The summed E-state index contributed by atoms with van der Waals surface area (Å²) in [6.07, 6.45) is 1.61. The Morgan fingerprint density at radius 2 is 1.76 bits per heavy atom. The number of ether oxygens (including phenoxy) is 1. The Kier molecular flexibility index (Phi) is 3.69. The summed E-state index contributed by atoms with van der Waals surface area (Å²) in [6, 6.07) is 10.5. The van der Waals surface area contributed by atoms with Gasteiger partial charge in [0.2, 0.25) is 5.88 Å². The third-order valence-electron chi connectivity index (χ3n) is 2.34. The maximum atomic E-state index is 9.13. The second kappa shape index (κ2) is 5.43. The van der Waals surface area contributed by atoms with Gasteiger partial charge in [-0.25, -0.2) is 4.98 Å². The zero-order chi connectivity index (χ0) is 12.1. The lowest BCUT2D eigenvalue weighted by molar-refractivity contribution is 0.275. The van der Waals surface area contributed by atoms with Gasteiger partial charge < -0.3 is 14.9 Å². The van der Waals surface area contributed by atoms with Gasteiger partial charge >= 0.3 is 0 Å². The van der Waals surface area contributed by atoms with Crippen LogP contribution in [0.3, 0.4) is 0 Å². The van der Waals surface area contributed by atoms with Gasteiger partial charge in [0, 0.05) is 11.8 Å². The first kappa shape index (κ1) is 11.6. The Labute approximate surface area is 99.1 Å². The standard InChI is InChI=1S/C13H13NO3/c15-8-10-3-5-12(6-4-10)17-13-11(9-16)2-1-7-14-13/h1-7,15-16H,8-9H2. The monoisotopic (exact) mass is 231 g/mol. The van der Waals surface area contributed by atoms with Crippen molar-refractivity contribution >= 4 is 0 Å². The van der Waals surface area contributed by atoms with Crippen molar-refractivity contribution in [2.24, 2.45) is 0 Å². The molecule has 1 heterocycles. The van der Waals surface area contributed by atoms with Crippen LogP contribution < -0.4 is 4.74 Å². The van der Waals surface area contributed by atoms with E-state index >= 15 is 0 Å². The van der Waals surface area contributed by atoms with Gasteiger partial charge in [0.15, 0.2) is 0 Å². The minimum absolute atomic E-state index is 0.00571. The van der Waals surface area contributed by atoms with Gasteiger partial charge in [-0.05, 0) is 29.8 Å². The molecule has 0 aliphatic rings. The van der Waals surface area contributed by atoms with E-state index in [0.717, 1.165) is 5.56 Å². The molecular weight excluding hydrogens is 218 g/mol. The lowest BCUT2D eigenvalue weighted by atomic mass is 10.2. The third-order valence-corrected chi connectivity index (χ3v) is 2.34. The van der Waals surface area contributed by atoms with Crippen molar-refractivity contribution in [1.29, 1.82) is 0 Å². The lowest BCUT2D eigenvalue weighted by Gasteiger charge is -2.08. The topological polar surface area (TPSA) is 62.6 Å². The zero-order valence-corrected chi connectivity index (χ0v) is 9.21. The average molecular weight is 231 g/mol. The minimum Gasteiger partial charge on any atom is -0.439 e. The Hall–Kier alpha value is -1.91. The van der Waals surface area contributed by atoms with E-state index in [9.17, 15) is 0 Å². The molecule has 0 amide bonds. The molecule has 88 valence electrons. The van der Waals surface area contributed by atoms with E-state index in [4.69, 9.17) is 14.9 Å². The van der Waals surface area contributed by atoms with Crippen LogP contribution in [-0.4, -0.2) is 15.2 Å². The van der Waals surface area contributed by atoms with Gasteiger partial charge in [-0.2, -0.15) is 0 Å². The number of hydrogen-bond donors (Lipinski definition) is 2. The van der Waals surface area contributed by atoms with E-state index in [2.05, 4.69) is 4.98 Å². The number of hydrogen-bond acceptors (Lipinski definition) is 4. The molecule has 17 heavy (non-hydrogen) atoms. The number of nitrogens with zero attached hydrogens (tertiary/aromatic N) is 1. The molecule has 4 nitrogen and oxygen atoms in total. The zero-order valence-electron chi connectivity index (χ0n) is 9.21. The Morgan fingerprint density at radius 3 is 2.41 bits per heavy atom. The number of benzene rings is 1. The molecule has 0 unspecified atom stereocenters. The van der Waals surface area contributed by atoms with Crippen molar-refractivity contribution in [3.63, 3.8) is 0 Å². The van der Waals surface area contributed by atoms with Crippen LogP contribution >= 0.6 is 0 Å². The molecule has 0 spiro atoms. The molecule has 2 aromatic rings. The fourth-order valence-electron chi connectivity index (χ4n) is 1.41. The molecule has 4 heteroatoms. The molecule has 0 saturated heterocycles. The second-order valence-corrected chi connectivity index (χ2v) is 3.53. The maximum absolute atomic E-state index is 9.13. The molecule has 0 bridgehead atoms. The van der Waals surface area contributed by atoms with Crippen LogP contribution in [0.1, 0.15) is 11.1 Å². The third kappa shape index (κ3) is 2.81. The number of aromatic nitrogens is 1. The average Bonchev–Trinajstić information content (AvgIpc) is 2.40. The molecule has 2 N–H and O–H groups in total. The normalized spacial score (nSPS) is 10.2. The molecule has 0 atom stereocenters. The van der Waals surface area contributed by atoms with E-state index < -0.39 is 0 Å². The summed E-state index contributed by atoms with van der Waals surface area (Å²) >= 11 is 0. The van der Waals surface area contributed by atoms with Crippen molar-refractivity contribution in [3.8, 4) is 11.6 Å². The molecule has 0 aliphatic heterocycles. The first-order chi connectivity index (χ1) is 8.33. The minimum atomic E-state index is -0.113. The van der Waals surface area contributed by atoms with E-state index in [0.29, 0.717) is 17.2 Å². The summed E-state index contributed by atoms with van der Waals surface area (Å²) in [5, 5.41) is 18.0. The van der Waals surface area contributed by atoms with Gasteiger partial charge in [0.1, 0.15) is 5.75 Å².